The molecule has 3 aromatic rings. The van der Waals surface area contributed by atoms with Crippen LogP contribution in [0.2, 0.25) is 5.02 Å². The zero-order chi connectivity index (χ0) is 22.6. The molecule has 11 nitrogen and oxygen atoms in total. The zero-order valence-electron chi connectivity index (χ0n) is 17.1. The van der Waals surface area contributed by atoms with Gasteiger partial charge in [-0.15, -0.1) is 17.4 Å². The lowest BCUT2D eigenvalue weighted by atomic mass is 10.1. The van der Waals surface area contributed by atoms with E-state index in [1.807, 2.05) is 0 Å². The van der Waals surface area contributed by atoms with E-state index in [1.54, 1.807) is 6.92 Å². The number of hydrogen-bond donors (Lipinski definition) is 3. The third-order valence-corrected chi connectivity index (χ3v) is 4.90. The van der Waals surface area contributed by atoms with E-state index in [4.69, 9.17) is 25.8 Å². The number of carbonyl (C=O) groups excluding carboxylic acids is 1. The van der Waals surface area contributed by atoms with Gasteiger partial charge in [0.25, 0.3) is 0 Å². The number of anilines is 2. The first kappa shape index (κ1) is 22.6. The average Bonchev–Trinajstić information content (AvgIpc) is 3.28. The van der Waals surface area contributed by atoms with E-state index < -0.39 is 11.0 Å². The number of hydrogen-bond acceptors (Lipinski definition) is 9. The summed E-state index contributed by atoms with van der Waals surface area (Å²) in [6.07, 6.45) is 5.93. The number of ether oxygens (including phenoxy) is 3. The molecule has 2 N–H and O–H groups in total. The molecule has 0 unspecified atom stereocenters. The fourth-order valence-corrected chi connectivity index (χ4v) is 3.18. The van der Waals surface area contributed by atoms with E-state index in [0.29, 0.717) is 17.0 Å². The lowest BCUT2D eigenvalue weighted by Gasteiger charge is -2.26. The van der Waals surface area contributed by atoms with Gasteiger partial charge in [-0.1, -0.05) is 11.6 Å². The quantitative estimate of drug-likeness (QED) is 0.359. The molecule has 0 aromatic carbocycles. The minimum atomic E-state index is -1.06. The first-order chi connectivity index (χ1) is 14.8. The number of carbonyl (C=O) groups is 1. The maximum Gasteiger partial charge on any atom is 0.323 e. The van der Waals surface area contributed by atoms with E-state index in [9.17, 15) is 4.79 Å². The minimum Gasteiger partial charge on any atom is -0.495 e. The topological polar surface area (TPSA) is 125 Å². The molecule has 3 heterocycles. The van der Waals surface area contributed by atoms with Gasteiger partial charge in [0.2, 0.25) is 5.88 Å². The van der Waals surface area contributed by atoms with Crippen LogP contribution in [-0.4, -0.2) is 52.3 Å². The van der Waals surface area contributed by atoms with Gasteiger partial charge in [-0.25, -0.2) is 4.79 Å². The van der Waals surface area contributed by atoms with Crippen molar-refractivity contribution in [2.75, 3.05) is 32.0 Å². The third-order valence-electron chi connectivity index (χ3n) is 4.21. The van der Waals surface area contributed by atoms with Gasteiger partial charge >= 0.3 is 6.03 Å². The van der Waals surface area contributed by atoms with Crippen molar-refractivity contribution in [2.24, 2.45) is 0 Å². The number of urea groups is 1. The number of nitrogens with zero attached hydrogens (tertiary/aromatic N) is 5. The number of amides is 2. The molecule has 3 rings (SSSR count). The Hall–Kier alpha value is -3.09. The summed E-state index contributed by atoms with van der Waals surface area (Å²) in [5.74, 6) is 0.766. The van der Waals surface area contributed by atoms with Crippen LogP contribution in [0.5, 0.6) is 11.6 Å². The lowest BCUT2D eigenvalue weighted by Crippen LogP contribution is -2.25. The number of pyridine rings is 2. The third kappa shape index (κ3) is 4.81. The van der Waals surface area contributed by atoms with Gasteiger partial charge in [0.05, 0.1) is 55.3 Å². The van der Waals surface area contributed by atoms with Gasteiger partial charge in [-0.05, 0) is 13.0 Å². The first-order valence-corrected chi connectivity index (χ1v) is 9.62. The van der Waals surface area contributed by atoms with Gasteiger partial charge in [0.1, 0.15) is 16.4 Å². The molecule has 3 aromatic heterocycles. The second-order valence-electron chi connectivity index (χ2n) is 6.20. The number of rotatable bonds is 7. The second-order valence-corrected chi connectivity index (χ2v) is 7.46. The van der Waals surface area contributed by atoms with Crippen molar-refractivity contribution in [1.82, 2.24) is 25.0 Å². The Balaban J connectivity index is 1.89. The lowest BCUT2D eigenvalue weighted by molar-refractivity contribution is 0.0861. The van der Waals surface area contributed by atoms with Crippen LogP contribution in [0.25, 0.3) is 5.82 Å². The van der Waals surface area contributed by atoms with Crippen LogP contribution >= 0.6 is 24.2 Å². The Kier molecular flexibility index (Phi) is 6.83. The van der Waals surface area contributed by atoms with E-state index in [-0.39, 0.29) is 22.4 Å². The molecule has 0 aliphatic heterocycles. The van der Waals surface area contributed by atoms with Crippen LogP contribution in [0.1, 0.15) is 12.5 Å². The molecule has 13 heteroatoms. The van der Waals surface area contributed by atoms with Crippen LogP contribution in [0, 0.1) is 0 Å². The molecule has 31 heavy (non-hydrogen) atoms. The summed E-state index contributed by atoms with van der Waals surface area (Å²) in [7, 11) is 4.39. The standard InChI is InChI=1S/C18H20ClN7O4S/c1-18(31,30-4)14-12(8-20-9-13(14)28-2)24-17(27)23-11-7-10(19)15(25-16(11)29-3)26-21-5-6-22-26/h5-9,31H,1-4H3,(H2,23,24,27)/t18-/m0/s1. The molecule has 0 spiro atoms. The summed E-state index contributed by atoms with van der Waals surface area (Å²) >= 11 is 10.8. The molecule has 0 aliphatic carbocycles. The number of aromatic nitrogens is 5. The largest absolute Gasteiger partial charge is 0.495 e. The van der Waals surface area contributed by atoms with Gasteiger partial charge in [0.15, 0.2) is 5.82 Å². The molecule has 0 fully saturated rings. The van der Waals surface area contributed by atoms with E-state index in [0.717, 1.165) is 0 Å². The van der Waals surface area contributed by atoms with E-state index in [1.165, 1.54) is 57.0 Å². The van der Waals surface area contributed by atoms with E-state index >= 15 is 0 Å². The van der Waals surface area contributed by atoms with Crippen molar-refractivity contribution in [2.45, 2.75) is 11.9 Å². The summed E-state index contributed by atoms with van der Waals surface area (Å²) in [5, 5.41) is 13.6. The van der Waals surface area contributed by atoms with Gasteiger partial charge < -0.3 is 24.8 Å². The Bertz CT molecular complexity index is 1080. The summed E-state index contributed by atoms with van der Waals surface area (Å²) in [5.41, 5.74) is 1.07. The summed E-state index contributed by atoms with van der Waals surface area (Å²) < 4.78 is 16.1. The van der Waals surface area contributed by atoms with Crippen LogP contribution in [0.3, 0.4) is 0 Å². The molecular weight excluding hydrogens is 446 g/mol. The van der Waals surface area contributed by atoms with Crippen molar-refractivity contribution in [1.29, 1.82) is 0 Å². The number of nitrogens with one attached hydrogen (secondary N) is 2. The van der Waals surface area contributed by atoms with Crippen molar-refractivity contribution in [3.8, 4) is 17.4 Å². The highest BCUT2D eigenvalue weighted by Gasteiger charge is 2.30. The summed E-state index contributed by atoms with van der Waals surface area (Å²) in [6.45, 7) is 1.71. The van der Waals surface area contributed by atoms with Gasteiger partial charge in [0, 0.05) is 7.11 Å². The monoisotopic (exact) mass is 465 g/mol. The molecule has 1 atom stereocenters. The Morgan fingerprint density at radius 1 is 1.13 bits per heavy atom. The van der Waals surface area contributed by atoms with Crippen molar-refractivity contribution in [3.63, 3.8) is 0 Å². The molecule has 0 saturated carbocycles. The van der Waals surface area contributed by atoms with Crippen LogP contribution in [-0.2, 0) is 9.67 Å². The highest BCUT2D eigenvalue weighted by molar-refractivity contribution is 7.81. The fourth-order valence-electron chi connectivity index (χ4n) is 2.72. The maximum atomic E-state index is 12.7. The zero-order valence-corrected chi connectivity index (χ0v) is 18.7. The van der Waals surface area contributed by atoms with Crippen molar-refractivity contribution in [3.05, 3.63) is 41.4 Å². The number of halogens is 1. The van der Waals surface area contributed by atoms with Crippen molar-refractivity contribution < 1.29 is 19.0 Å². The van der Waals surface area contributed by atoms with Gasteiger partial charge in [-0.3, -0.25) is 4.98 Å². The van der Waals surface area contributed by atoms with Crippen LogP contribution < -0.4 is 20.1 Å². The van der Waals surface area contributed by atoms with Crippen LogP contribution in [0.15, 0.2) is 30.9 Å². The fraction of sp³-hybridized carbons (Fsp3) is 0.278. The SMILES string of the molecule is COc1cncc(NC(=O)Nc2cc(Cl)c(-n3nccn3)nc2OC)c1[C@](C)(S)OC. The molecule has 2 amide bonds. The normalized spacial score (nSPS) is 12.7. The van der Waals surface area contributed by atoms with Crippen LogP contribution in [0.4, 0.5) is 16.2 Å². The second kappa shape index (κ2) is 9.37. The number of thiol groups is 1. The minimum absolute atomic E-state index is 0.117. The Morgan fingerprint density at radius 2 is 1.81 bits per heavy atom. The predicted molar refractivity (Wildman–Crippen MR) is 117 cm³/mol. The molecular formula is C18H20ClN7O4S. The molecule has 164 valence electrons. The molecule has 0 aliphatic rings. The first-order valence-electron chi connectivity index (χ1n) is 8.80. The highest BCUT2D eigenvalue weighted by atomic mass is 35.5. The molecule has 0 radical (unpaired) electrons. The average molecular weight is 466 g/mol. The summed E-state index contributed by atoms with van der Waals surface area (Å²) in [6, 6.07) is 0.881. The number of methoxy groups -OCH3 is 3. The smallest absolute Gasteiger partial charge is 0.323 e. The van der Waals surface area contributed by atoms with Gasteiger partial charge in [-0.2, -0.15) is 15.2 Å². The Morgan fingerprint density at radius 3 is 2.42 bits per heavy atom. The summed E-state index contributed by atoms with van der Waals surface area (Å²) in [4.78, 5) is 21.3. The highest BCUT2D eigenvalue weighted by Crippen LogP contribution is 2.40. The van der Waals surface area contributed by atoms with E-state index in [2.05, 4.69) is 43.4 Å². The molecule has 0 saturated heterocycles. The Labute approximate surface area is 188 Å². The predicted octanol–water partition coefficient (Wildman–Crippen LogP) is 3.12. The maximum absolute atomic E-state index is 12.7. The van der Waals surface area contributed by atoms with Crippen molar-refractivity contribution >= 4 is 41.6 Å². The molecule has 0 bridgehead atoms.